The molecule has 0 N–H and O–H groups in total. The summed E-state index contributed by atoms with van der Waals surface area (Å²) in [6.45, 7) is 6.90. The number of nitrogens with zero attached hydrogens (tertiary/aromatic N) is 1. The maximum atomic E-state index is 8.60. The first-order chi connectivity index (χ1) is 5.09. The summed E-state index contributed by atoms with van der Waals surface area (Å²) in [6.07, 6.45) is 3.30. The zero-order valence-corrected chi connectivity index (χ0v) is 7.72. The van der Waals surface area contributed by atoms with E-state index in [0.717, 1.165) is 12.3 Å². The molecule has 0 saturated heterocycles. The lowest BCUT2D eigenvalue weighted by Crippen LogP contribution is -2.22. The molecule has 1 aliphatic rings. The third-order valence-corrected chi connectivity index (χ3v) is 3.61. The van der Waals surface area contributed by atoms with Gasteiger partial charge in [-0.1, -0.05) is 20.8 Å². The van der Waals surface area contributed by atoms with Gasteiger partial charge in [0.05, 0.1) is 6.07 Å². The number of hydrogen-bond donors (Lipinski definition) is 0. The Labute approximate surface area is 69.4 Å². The molecular weight excluding hydrogens is 134 g/mol. The summed E-state index contributed by atoms with van der Waals surface area (Å²) < 4.78 is 0. The van der Waals surface area contributed by atoms with Crippen molar-refractivity contribution in [2.75, 3.05) is 0 Å². The van der Waals surface area contributed by atoms with E-state index in [9.17, 15) is 0 Å². The van der Waals surface area contributed by atoms with Gasteiger partial charge in [0.25, 0.3) is 0 Å². The molecule has 62 valence electrons. The summed E-state index contributed by atoms with van der Waals surface area (Å²) in [5, 5.41) is 8.60. The third kappa shape index (κ3) is 1.40. The van der Waals surface area contributed by atoms with Crippen LogP contribution in [-0.2, 0) is 0 Å². The van der Waals surface area contributed by atoms with Gasteiger partial charge in [0.15, 0.2) is 0 Å². The highest BCUT2D eigenvalue weighted by Gasteiger charge is 2.39. The van der Waals surface area contributed by atoms with Crippen molar-refractivity contribution in [2.45, 2.75) is 40.0 Å². The van der Waals surface area contributed by atoms with Gasteiger partial charge in [-0.3, -0.25) is 0 Å². The van der Waals surface area contributed by atoms with Crippen LogP contribution in [0.15, 0.2) is 0 Å². The van der Waals surface area contributed by atoms with Gasteiger partial charge in [-0.25, -0.2) is 0 Å². The molecule has 2 atom stereocenters. The van der Waals surface area contributed by atoms with Crippen LogP contribution in [0, 0.1) is 28.6 Å². The quantitative estimate of drug-likeness (QED) is 0.565. The number of nitriles is 1. The van der Waals surface area contributed by atoms with Gasteiger partial charge in [0.1, 0.15) is 0 Å². The lowest BCUT2D eigenvalue weighted by molar-refractivity contribution is 0.201. The van der Waals surface area contributed by atoms with Gasteiger partial charge in [0.2, 0.25) is 0 Å². The van der Waals surface area contributed by atoms with Crippen molar-refractivity contribution >= 4 is 0 Å². The predicted molar refractivity (Wildman–Crippen MR) is 45.9 cm³/mol. The SMILES string of the molecule is CC1CCC(CC#N)C1(C)C. The van der Waals surface area contributed by atoms with Crippen LogP contribution in [0.5, 0.6) is 0 Å². The second-order valence-corrected chi connectivity index (χ2v) is 4.36. The predicted octanol–water partition coefficient (Wildman–Crippen LogP) is 2.97. The molecule has 0 aromatic carbocycles. The Balaban J connectivity index is 2.64. The standard InChI is InChI=1S/C10H17N/c1-8-4-5-9(6-7-11)10(8,2)3/h8-9H,4-6H2,1-3H3. The second kappa shape index (κ2) is 2.85. The van der Waals surface area contributed by atoms with Crippen LogP contribution in [0.4, 0.5) is 0 Å². The number of hydrogen-bond acceptors (Lipinski definition) is 1. The van der Waals surface area contributed by atoms with Gasteiger partial charge in [-0.2, -0.15) is 5.26 Å². The van der Waals surface area contributed by atoms with Crippen LogP contribution in [0.2, 0.25) is 0 Å². The average Bonchev–Trinajstić information content (AvgIpc) is 2.16. The zero-order valence-electron chi connectivity index (χ0n) is 7.72. The molecule has 1 fully saturated rings. The summed E-state index contributed by atoms with van der Waals surface area (Å²) in [6, 6.07) is 2.29. The van der Waals surface area contributed by atoms with Crippen LogP contribution in [0.25, 0.3) is 0 Å². The topological polar surface area (TPSA) is 23.8 Å². The Bertz CT molecular complexity index is 176. The van der Waals surface area contributed by atoms with Gasteiger partial charge < -0.3 is 0 Å². The van der Waals surface area contributed by atoms with Crippen molar-refractivity contribution in [3.05, 3.63) is 0 Å². The van der Waals surface area contributed by atoms with Crippen molar-refractivity contribution < 1.29 is 0 Å². The molecular formula is C10H17N. The Hall–Kier alpha value is -0.510. The molecule has 1 rings (SSSR count). The molecule has 0 spiro atoms. The molecule has 0 aromatic rings. The molecule has 0 aliphatic heterocycles. The van der Waals surface area contributed by atoms with E-state index in [1.54, 1.807) is 0 Å². The van der Waals surface area contributed by atoms with Gasteiger partial charge in [0, 0.05) is 6.42 Å². The van der Waals surface area contributed by atoms with Crippen LogP contribution >= 0.6 is 0 Å². The lowest BCUT2D eigenvalue weighted by Gasteiger charge is -2.29. The number of rotatable bonds is 1. The Morgan fingerprint density at radius 1 is 1.45 bits per heavy atom. The minimum atomic E-state index is 0.399. The van der Waals surface area contributed by atoms with Crippen molar-refractivity contribution in [2.24, 2.45) is 17.3 Å². The molecule has 0 radical (unpaired) electrons. The first kappa shape index (κ1) is 8.59. The third-order valence-electron chi connectivity index (χ3n) is 3.61. The smallest absolute Gasteiger partial charge is 0.0624 e. The van der Waals surface area contributed by atoms with E-state index in [1.807, 2.05) is 0 Å². The molecule has 0 aromatic heterocycles. The molecule has 1 heteroatoms. The van der Waals surface area contributed by atoms with Crippen LogP contribution in [0.1, 0.15) is 40.0 Å². The molecule has 1 aliphatic carbocycles. The monoisotopic (exact) mass is 151 g/mol. The average molecular weight is 151 g/mol. The van der Waals surface area contributed by atoms with E-state index >= 15 is 0 Å². The van der Waals surface area contributed by atoms with Gasteiger partial charge >= 0.3 is 0 Å². The molecule has 11 heavy (non-hydrogen) atoms. The summed E-state index contributed by atoms with van der Waals surface area (Å²) in [4.78, 5) is 0. The minimum Gasteiger partial charge on any atom is -0.198 e. The first-order valence-electron chi connectivity index (χ1n) is 4.46. The van der Waals surface area contributed by atoms with E-state index in [-0.39, 0.29) is 0 Å². The highest BCUT2D eigenvalue weighted by atomic mass is 14.4. The molecule has 2 unspecified atom stereocenters. The van der Waals surface area contributed by atoms with Gasteiger partial charge in [-0.15, -0.1) is 0 Å². The van der Waals surface area contributed by atoms with Gasteiger partial charge in [-0.05, 0) is 30.1 Å². The summed E-state index contributed by atoms with van der Waals surface area (Å²) in [7, 11) is 0. The summed E-state index contributed by atoms with van der Waals surface area (Å²) in [5.41, 5.74) is 0.399. The van der Waals surface area contributed by atoms with Crippen LogP contribution in [-0.4, -0.2) is 0 Å². The van der Waals surface area contributed by atoms with E-state index in [2.05, 4.69) is 26.8 Å². The molecule has 0 bridgehead atoms. The Kier molecular flexibility index (Phi) is 2.23. The molecule has 1 nitrogen and oxygen atoms in total. The van der Waals surface area contributed by atoms with Crippen molar-refractivity contribution in [1.82, 2.24) is 0 Å². The van der Waals surface area contributed by atoms with Crippen LogP contribution < -0.4 is 0 Å². The Morgan fingerprint density at radius 3 is 2.45 bits per heavy atom. The van der Waals surface area contributed by atoms with E-state index in [0.29, 0.717) is 11.3 Å². The lowest BCUT2D eigenvalue weighted by atomic mass is 9.75. The van der Waals surface area contributed by atoms with Crippen LogP contribution in [0.3, 0.4) is 0 Å². The van der Waals surface area contributed by atoms with E-state index in [4.69, 9.17) is 5.26 Å². The normalized spacial score (nSPS) is 35.1. The summed E-state index contributed by atoms with van der Waals surface area (Å²) >= 11 is 0. The first-order valence-corrected chi connectivity index (χ1v) is 4.46. The van der Waals surface area contributed by atoms with Crippen molar-refractivity contribution in [3.63, 3.8) is 0 Å². The maximum Gasteiger partial charge on any atom is 0.0624 e. The highest BCUT2D eigenvalue weighted by Crippen LogP contribution is 2.48. The molecule has 1 saturated carbocycles. The zero-order chi connectivity index (χ0) is 8.48. The fraction of sp³-hybridized carbons (Fsp3) is 0.900. The highest BCUT2D eigenvalue weighted by molar-refractivity contribution is 4.93. The Morgan fingerprint density at radius 2 is 2.09 bits per heavy atom. The van der Waals surface area contributed by atoms with E-state index in [1.165, 1.54) is 12.8 Å². The van der Waals surface area contributed by atoms with E-state index < -0.39 is 0 Å². The minimum absolute atomic E-state index is 0.399. The molecule has 0 heterocycles. The van der Waals surface area contributed by atoms with Crippen molar-refractivity contribution in [1.29, 1.82) is 5.26 Å². The largest absolute Gasteiger partial charge is 0.198 e. The fourth-order valence-corrected chi connectivity index (χ4v) is 2.07. The molecule has 0 amide bonds. The maximum absolute atomic E-state index is 8.60. The fourth-order valence-electron chi connectivity index (χ4n) is 2.07. The second-order valence-electron chi connectivity index (χ2n) is 4.36. The summed E-state index contributed by atoms with van der Waals surface area (Å²) in [5.74, 6) is 1.43. The van der Waals surface area contributed by atoms with Crippen molar-refractivity contribution in [3.8, 4) is 6.07 Å².